The molecule has 1 aromatic carbocycles. The molecule has 124 valence electrons. The van der Waals surface area contributed by atoms with E-state index in [2.05, 4.69) is 4.98 Å². The van der Waals surface area contributed by atoms with Crippen molar-refractivity contribution in [2.75, 3.05) is 7.05 Å². The van der Waals surface area contributed by atoms with E-state index in [9.17, 15) is 9.18 Å². The Hall–Kier alpha value is -2.89. The van der Waals surface area contributed by atoms with E-state index < -0.39 is 0 Å². The molecule has 0 saturated carbocycles. The van der Waals surface area contributed by atoms with Crippen molar-refractivity contribution in [1.29, 1.82) is 0 Å². The molecule has 0 spiro atoms. The van der Waals surface area contributed by atoms with Crippen molar-refractivity contribution in [1.82, 2.24) is 9.88 Å². The van der Waals surface area contributed by atoms with Crippen LogP contribution in [0.5, 0.6) is 0 Å². The Bertz CT molecular complexity index is 794. The number of aryl methyl sites for hydroxylation is 1. The van der Waals surface area contributed by atoms with Gasteiger partial charge in [-0.05, 0) is 36.4 Å². The highest BCUT2D eigenvalue weighted by atomic mass is 19.1. The smallest absolute Gasteiger partial charge is 0.223 e. The van der Waals surface area contributed by atoms with Gasteiger partial charge in [0.2, 0.25) is 5.91 Å². The second kappa shape index (κ2) is 7.12. The maximum absolute atomic E-state index is 12.9. The number of carbonyl (C=O) groups excluding carboxylic acids is 1. The van der Waals surface area contributed by atoms with Crippen molar-refractivity contribution in [2.45, 2.75) is 19.4 Å². The summed E-state index contributed by atoms with van der Waals surface area (Å²) in [6, 6.07) is 9.60. The Morgan fingerprint density at radius 2 is 2.04 bits per heavy atom. The molecule has 0 saturated heterocycles. The lowest BCUT2D eigenvalue weighted by molar-refractivity contribution is -0.130. The van der Waals surface area contributed by atoms with Crippen molar-refractivity contribution in [3.8, 4) is 11.3 Å². The van der Waals surface area contributed by atoms with Gasteiger partial charge in [0, 0.05) is 25.5 Å². The molecule has 0 radical (unpaired) electrons. The van der Waals surface area contributed by atoms with Crippen LogP contribution in [0.15, 0.2) is 57.7 Å². The number of halogens is 1. The van der Waals surface area contributed by atoms with Gasteiger partial charge in [0.15, 0.2) is 11.7 Å². The molecule has 2 aromatic heterocycles. The summed E-state index contributed by atoms with van der Waals surface area (Å²) in [4.78, 5) is 17.9. The Labute approximate surface area is 138 Å². The number of amides is 1. The van der Waals surface area contributed by atoms with Crippen LogP contribution in [0.2, 0.25) is 0 Å². The number of nitrogens with zero attached hydrogens (tertiary/aromatic N) is 2. The van der Waals surface area contributed by atoms with Crippen LogP contribution >= 0.6 is 0 Å². The Morgan fingerprint density at radius 3 is 2.75 bits per heavy atom. The summed E-state index contributed by atoms with van der Waals surface area (Å²) in [5, 5.41) is 0. The number of benzene rings is 1. The van der Waals surface area contributed by atoms with Crippen molar-refractivity contribution in [3.63, 3.8) is 0 Å². The fraction of sp³-hybridized carbons (Fsp3) is 0.222. The lowest BCUT2D eigenvalue weighted by Crippen LogP contribution is -2.26. The van der Waals surface area contributed by atoms with E-state index in [-0.39, 0.29) is 11.7 Å². The van der Waals surface area contributed by atoms with Gasteiger partial charge in [0.05, 0.1) is 19.0 Å². The monoisotopic (exact) mass is 328 g/mol. The minimum absolute atomic E-state index is 0.0204. The standard InChI is InChI=1S/C18H17FN2O3/c1-21(12-15-3-2-10-23-15)18(22)9-8-17-20-11-16(24-17)13-4-6-14(19)7-5-13/h2-7,10-11H,8-9,12H2,1H3. The van der Waals surface area contributed by atoms with Gasteiger partial charge in [-0.15, -0.1) is 0 Å². The first-order chi connectivity index (χ1) is 11.6. The zero-order chi connectivity index (χ0) is 16.9. The van der Waals surface area contributed by atoms with Crippen molar-refractivity contribution < 1.29 is 18.0 Å². The maximum Gasteiger partial charge on any atom is 0.223 e. The first-order valence-corrected chi connectivity index (χ1v) is 7.59. The van der Waals surface area contributed by atoms with E-state index in [4.69, 9.17) is 8.83 Å². The minimum atomic E-state index is -0.302. The zero-order valence-electron chi connectivity index (χ0n) is 13.2. The van der Waals surface area contributed by atoms with Crippen molar-refractivity contribution in [3.05, 3.63) is 66.3 Å². The molecule has 0 fully saturated rings. The third kappa shape index (κ3) is 3.90. The number of hydrogen-bond acceptors (Lipinski definition) is 4. The molecule has 3 rings (SSSR count). The van der Waals surface area contributed by atoms with Gasteiger partial charge in [0.1, 0.15) is 11.6 Å². The van der Waals surface area contributed by atoms with Gasteiger partial charge in [0.25, 0.3) is 0 Å². The van der Waals surface area contributed by atoms with E-state index in [1.165, 1.54) is 12.1 Å². The average molecular weight is 328 g/mol. The second-order valence-electron chi connectivity index (χ2n) is 5.45. The molecule has 0 aliphatic carbocycles. The summed E-state index contributed by atoms with van der Waals surface area (Å²) < 4.78 is 23.8. The number of hydrogen-bond donors (Lipinski definition) is 0. The summed E-state index contributed by atoms with van der Waals surface area (Å²) in [5.41, 5.74) is 0.747. The van der Waals surface area contributed by atoms with Crippen LogP contribution in [0, 0.1) is 5.82 Å². The maximum atomic E-state index is 12.9. The third-order valence-electron chi connectivity index (χ3n) is 3.63. The quantitative estimate of drug-likeness (QED) is 0.693. The van der Waals surface area contributed by atoms with Gasteiger partial charge in [-0.2, -0.15) is 0 Å². The minimum Gasteiger partial charge on any atom is -0.467 e. The molecule has 3 aromatic rings. The van der Waals surface area contributed by atoms with Crippen LogP contribution in [0.4, 0.5) is 4.39 Å². The molecule has 0 aliphatic rings. The van der Waals surface area contributed by atoms with E-state index >= 15 is 0 Å². The van der Waals surface area contributed by atoms with Gasteiger partial charge >= 0.3 is 0 Å². The summed E-state index contributed by atoms with van der Waals surface area (Å²) in [6.07, 6.45) is 3.86. The number of furan rings is 1. The molecule has 6 heteroatoms. The largest absolute Gasteiger partial charge is 0.467 e. The number of carbonyl (C=O) groups is 1. The molecule has 24 heavy (non-hydrogen) atoms. The van der Waals surface area contributed by atoms with Crippen LogP contribution in [0.1, 0.15) is 18.1 Å². The lowest BCUT2D eigenvalue weighted by atomic mass is 10.2. The molecular formula is C18H17FN2O3. The number of oxazole rings is 1. The van der Waals surface area contributed by atoms with Gasteiger partial charge in [-0.25, -0.2) is 9.37 Å². The fourth-order valence-electron chi connectivity index (χ4n) is 2.30. The summed E-state index contributed by atoms with van der Waals surface area (Å²) >= 11 is 0. The first kappa shape index (κ1) is 16.0. The Balaban J connectivity index is 1.55. The highest BCUT2D eigenvalue weighted by Crippen LogP contribution is 2.21. The van der Waals surface area contributed by atoms with E-state index in [0.29, 0.717) is 31.0 Å². The fourth-order valence-corrected chi connectivity index (χ4v) is 2.30. The second-order valence-corrected chi connectivity index (χ2v) is 5.45. The molecular weight excluding hydrogens is 311 g/mol. The zero-order valence-corrected chi connectivity index (χ0v) is 13.2. The van der Waals surface area contributed by atoms with Gasteiger partial charge in [-0.1, -0.05) is 0 Å². The molecule has 0 N–H and O–H groups in total. The van der Waals surface area contributed by atoms with E-state index in [1.54, 1.807) is 42.6 Å². The van der Waals surface area contributed by atoms with Crippen LogP contribution in [-0.2, 0) is 17.8 Å². The van der Waals surface area contributed by atoms with Crippen LogP contribution in [-0.4, -0.2) is 22.8 Å². The lowest BCUT2D eigenvalue weighted by Gasteiger charge is -2.14. The Morgan fingerprint density at radius 1 is 1.25 bits per heavy atom. The number of aromatic nitrogens is 1. The summed E-state index contributed by atoms with van der Waals surface area (Å²) in [5.74, 6) is 1.45. The van der Waals surface area contributed by atoms with Crippen LogP contribution < -0.4 is 0 Å². The van der Waals surface area contributed by atoms with Crippen molar-refractivity contribution >= 4 is 5.91 Å². The van der Waals surface area contributed by atoms with E-state index in [0.717, 1.165) is 11.3 Å². The molecule has 0 unspecified atom stereocenters. The molecule has 1 amide bonds. The van der Waals surface area contributed by atoms with E-state index in [1.807, 2.05) is 6.07 Å². The molecule has 0 atom stereocenters. The van der Waals surface area contributed by atoms with Crippen molar-refractivity contribution in [2.24, 2.45) is 0 Å². The molecule has 0 aliphatic heterocycles. The third-order valence-corrected chi connectivity index (χ3v) is 3.63. The normalized spacial score (nSPS) is 10.8. The Kier molecular flexibility index (Phi) is 4.74. The summed E-state index contributed by atoms with van der Waals surface area (Å²) in [7, 11) is 1.73. The van der Waals surface area contributed by atoms with Gasteiger partial charge < -0.3 is 13.7 Å². The SMILES string of the molecule is CN(Cc1ccco1)C(=O)CCc1ncc(-c2ccc(F)cc2)o1. The first-order valence-electron chi connectivity index (χ1n) is 7.59. The summed E-state index contributed by atoms with van der Waals surface area (Å²) in [6.45, 7) is 0.429. The van der Waals surface area contributed by atoms with Gasteiger partial charge in [-0.3, -0.25) is 4.79 Å². The highest BCUT2D eigenvalue weighted by Gasteiger charge is 2.13. The van der Waals surface area contributed by atoms with Crippen LogP contribution in [0.3, 0.4) is 0 Å². The average Bonchev–Trinajstić information content (AvgIpc) is 3.25. The highest BCUT2D eigenvalue weighted by molar-refractivity contribution is 5.76. The predicted molar refractivity (Wildman–Crippen MR) is 85.4 cm³/mol. The van der Waals surface area contributed by atoms with Crippen LogP contribution in [0.25, 0.3) is 11.3 Å². The number of rotatable bonds is 6. The molecule has 5 nitrogen and oxygen atoms in total. The molecule has 2 heterocycles. The predicted octanol–water partition coefficient (Wildman–Crippen LogP) is 3.66. The topological polar surface area (TPSA) is 59.5 Å². The molecule has 0 bridgehead atoms.